The Labute approximate surface area is 139 Å². The van der Waals surface area contributed by atoms with Crippen LogP contribution in [0.5, 0.6) is 0 Å². The van der Waals surface area contributed by atoms with Gasteiger partial charge >= 0.3 is 0 Å². The van der Waals surface area contributed by atoms with Crippen LogP contribution in [0.2, 0.25) is 0 Å². The molecule has 0 radical (unpaired) electrons. The Morgan fingerprint density at radius 2 is 1.58 bits per heavy atom. The second kappa shape index (κ2) is 6.22. The maximum Gasteiger partial charge on any atom is 0.163 e. The Bertz CT molecular complexity index is 951. The Balaban J connectivity index is 1.74. The molecule has 1 N–H and O–H groups in total. The summed E-state index contributed by atoms with van der Waals surface area (Å²) in [5.74, 6) is 0. The van der Waals surface area contributed by atoms with Gasteiger partial charge < -0.3 is 9.67 Å². The summed E-state index contributed by atoms with van der Waals surface area (Å²) in [5.41, 5.74) is 3.83. The Kier molecular flexibility index (Phi) is 3.76. The summed E-state index contributed by atoms with van der Waals surface area (Å²) in [5, 5.41) is 10.6. The van der Waals surface area contributed by atoms with Crippen molar-refractivity contribution in [1.82, 2.24) is 19.5 Å². The Morgan fingerprint density at radius 3 is 2.33 bits per heavy atom. The van der Waals surface area contributed by atoms with E-state index in [0.717, 1.165) is 11.2 Å². The first-order valence-electron chi connectivity index (χ1n) is 7.75. The third-order valence-electron chi connectivity index (χ3n) is 4.00. The van der Waals surface area contributed by atoms with Crippen LogP contribution < -0.4 is 0 Å². The van der Waals surface area contributed by atoms with E-state index in [9.17, 15) is 5.11 Å². The van der Waals surface area contributed by atoms with Crippen molar-refractivity contribution in [2.75, 3.05) is 0 Å². The van der Waals surface area contributed by atoms with Gasteiger partial charge in [0.25, 0.3) is 0 Å². The van der Waals surface area contributed by atoms with Gasteiger partial charge in [-0.05, 0) is 11.1 Å². The van der Waals surface area contributed by atoms with Gasteiger partial charge in [-0.3, -0.25) is 0 Å². The zero-order chi connectivity index (χ0) is 16.4. The largest absolute Gasteiger partial charge is 0.382 e. The molecule has 0 aliphatic rings. The molecule has 1 atom stereocenters. The van der Waals surface area contributed by atoms with E-state index in [1.54, 1.807) is 6.33 Å². The number of fused-ring (bicyclic) bond motifs is 1. The lowest BCUT2D eigenvalue weighted by Gasteiger charge is -2.11. The normalized spacial score (nSPS) is 12.4. The van der Waals surface area contributed by atoms with E-state index in [1.807, 2.05) is 53.1 Å². The van der Waals surface area contributed by atoms with Gasteiger partial charge in [0.05, 0.1) is 12.9 Å². The van der Waals surface area contributed by atoms with E-state index in [0.29, 0.717) is 17.8 Å². The van der Waals surface area contributed by atoms with Crippen LogP contribution in [0.3, 0.4) is 0 Å². The molecule has 0 saturated heterocycles. The lowest BCUT2D eigenvalue weighted by Crippen LogP contribution is -2.05. The molecule has 5 heteroatoms. The number of aliphatic hydroxyl groups excluding tert-OH is 1. The lowest BCUT2D eigenvalue weighted by atomic mass is 10.1. The highest BCUT2D eigenvalue weighted by atomic mass is 16.3. The number of hydrogen-bond donors (Lipinski definition) is 1. The van der Waals surface area contributed by atoms with E-state index >= 15 is 0 Å². The Hall–Kier alpha value is -3.05. The highest BCUT2D eigenvalue weighted by molar-refractivity contribution is 5.74. The third kappa shape index (κ3) is 2.66. The zero-order valence-electron chi connectivity index (χ0n) is 12.9. The van der Waals surface area contributed by atoms with Crippen LogP contribution in [0.4, 0.5) is 0 Å². The molecule has 4 aromatic rings. The van der Waals surface area contributed by atoms with Crippen molar-refractivity contribution in [3.8, 4) is 0 Å². The van der Waals surface area contributed by atoms with Crippen molar-refractivity contribution in [3.63, 3.8) is 0 Å². The number of nitrogens with zero attached hydrogens (tertiary/aromatic N) is 4. The van der Waals surface area contributed by atoms with Gasteiger partial charge in [0.2, 0.25) is 0 Å². The molecule has 0 spiro atoms. The van der Waals surface area contributed by atoms with E-state index in [2.05, 4.69) is 27.1 Å². The number of imidazole rings is 1. The molecule has 118 valence electrons. The molecule has 0 aliphatic heterocycles. The zero-order valence-corrected chi connectivity index (χ0v) is 12.9. The van der Waals surface area contributed by atoms with Crippen LogP contribution in [-0.2, 0) is 6.54 Å². The number of aliphatic hydroxyl groups is 1. The summed E-state index contributed by atoms with van der Waals surface area (Å²) in [6.07, 6.45) is 2.40. The summed E-state index contributed by atoms with van der Waals surface area (Å²) in [6.45, 7) is 0.676. The fourth-order valence-electron chi connectivity index (χ4n) is 2.79. The molecular formula is C19H16N4O. The summed E-state index contributed by atoms with van der Waals surface area (Å²) < 4.78 is 1.97. The second-order valence-corrected chi connectivity index (χ2v) is 5.60. The summed E-state index contributed by atoms with van der Waals surface area (Å²) in [4.78, 5) is 13.1. The summed E-state index contributed by atoms with van der Waals surface area (Å²) in [7, 11) is 0. The lowest BCUT2D eigenvalue weighted by molar-refractivity contribution is 0.216. The molecule has 5 nitrogen and oxygen atoms in total. The van der Waals surface area contributed by atoms with Gasteiger partial charge in [-0.1, -0.05) is 60.7 Å². The summed E-state index contributed by atoms with van der Waals surface area (Å²) >= 11 is 0. The molecule has 2 heterocycles. The van der Waals surface area contributed by atoms with Crippen molar-refractivity contribution < 1.29 is 5.11 Å². The molecule has 0 saturated carbocycles. The molecule has 4 rings (SSSR count). The SMILES string of the molecule is OC(c1ccccc1)c1ncnc2c1ncn2Cc1ccccc1. The molecule has 2 aromatic carbocycles. The molecule has 24 heavy (non-hydrogen) atoms. The van der Waals surface area contributed by atoms with Crippen molar-refractivity contribution >= 4 is 11.2 Å². The molecular weight excluding hydrogens is 300 g/mol. The minimum atomic E-state index is -0.822. The predicted octanol–water partition coefficient (Wildman–Crippen LogP) is 2.96. The van der Waals surface area contributed by atoms with Crippen molar-refractivity contribution in [1.29, 1.82) is 0 Å². The Morgan fingerprint density at radius 1 is 0.875 bits per heavy atom. The highest BCUT2D eigenvalue weighted by Gasteiger charge is 2.18. The molecule has 0 bridgehead atoms. The standard InChI is InChI=1S/C19H16N4O/c24-18(15-9-5-2-6-10-15)16-17-19(21-12-20-16)23(13-22-17)11-14-7-3-1-4-8-14/h1-10,12-13,18,24H,11H2. The maximum atomic E-state index is 10.6. The second-order valence-electron chi connectivity index (χ2n) is 5.60. The molecule has 0 fully saturated rings. The molecule has 0 aliphatic carbocycles. The number of rotatable bonds is 4. The first-order chi connectivity index (χ1) is 11.8. The van der Waals surface area contributed by atoms with Crippen molar-refractivity contribution in [2.24, 2.45) is 0 Å². The quantitative estimate of drug-likeness (QED) is 0.629. The highest BCUT2D eigenvalue weighted by Crippen LogP contribution is 2.25. The van der Waals surface area contributed by atoms with E-state index in [4.69, 9.17) is 0 Å². The first kappa shape index (κ1) is 14.5. The smallest absolute Gasteiger partial charge is 0.163 e. The topological polar surface area (TPSA) is 63.8 Å². The van der Waals surface area contributed by atoms with E-state index in [1.165, 1.54) is 11.9 Å². The van der Waals surface area contributed by atoms with Crippen molar-refractivity contribution in [2.45, 2.75) is 12.6 Å². The predicted molar refractivity (Wildman–Crippen MR) is 91.4 cm³/mol. The molecule has 2 aromatic heterocycles. The van der Waals surface area contributed by atoms with Crippen LogP contribution >= 0.6 is 0 Å². The molecule has 0 amide bonds. The van der Waals surface area contributed by atoms with E-state index in [-0.39, 0.29) is 0 Å². The van der Waals surface area contributed by atoms with Gasteiger partial charge in [-0.15, -0.1) is 0 Å². The van der Waals surface area contributed by atoms with Gasteiger partial charge in [-0.25, -0.2) is 15.0 Å². The van der Waals surface area contributed by atoms with Crippen molar-refractivity contribution in [3.05, 3.63) is 90.1 Å². The van der Waals surface area contributed by atoms with Gasteiger partial charge in [0.15, 0.2) is 5.65 Å². The van der Waals surface area contributed by atoms with Gasteiger partial charge in [-0.2, -0.15) is 0 Å². The fourth-order valence-corrected chi connectivity index (χ4v) is 2.79. The van der Waals surface area contributed by atoms with E-state index < -0.39 is 6.10 Å². The van der Waals surface area contributed by atoms with Crippen LogP contribution in [0, 0.1) is 0 Å². The van der Waals surface area contributed by atoms with Crippen LogP contribution in [0.25, 0.3) is 11.2 Å². The average molecular weight is 316 g/mol. The van der Waals surface area contributed by atoms with Gasteiger partial charge in [0, 0.05) is 0 Å². The number of aromatic nitrogens is 4. The average Bonchev–Trinajstić information content (AvgIpc) is 3.06. The monoisotopic (exact) mass is 316 g/mol. The number of benzene rings is 2. The molecule has 1 unspecified atom stereocenters. The number of hydrogen-bond acceptors (Lipinski definition) is 4. The fraction of sp³-hybridized carbons (Fsp3) is 0.105. The van der Waals surface area contributed by atoms with Crippen LogP contribution in [0.15, 0.2) is 73.3 Å². The van der Waals surface area contributed by atoms with Crippen LogP contribution in [-0.4, -0.2) is 24.6 Å². The first-order valence-corrected chi connectivity index (χ1v) is 7.75. The minimum absolute atomic E-state index is 0.526. The van der Waals surface area contributed by atoms with Crippen LogP contribution in [0.1, 0.15) is 22.9 Å². The van der Waals surface area contributed by atoms with Gasteiger partial charge in [0.1, 0.15) is 23.6 Å². The minimum Gasteiger partial charge on any atom is -0.382 e. The summed E-state index contributed by atoms with van der Waals surface area (Å²) in [6, 6.07) is 19.6. The maximum absolute atomic E-state index is 10.6. The third-order valence-corrected chi connectivity index (χ3v) is 4.00.